The molecule has 0 spiro atoms. The number of aryl methyl sites for hydroxylation is 1. The van der Waals surface area contributed by atoms with Crippen LogP contribution < -0.4 is 10.6 Å². The summed E-state index contributed by atoms with van der Waals surface area (Å²) < 4.78 is 0. The molecular formula is C13H18N2O. The van der Waals surface area contributed by atoms with Crippen molar-refractivity contribution in [2.75, 3.05) is 11.9 Å². The summed E-state index contributed by atoms with van der Waals surface area (Å²) in [6, 6.07) is 7.86. The molecular weight excluding hydrogens is 200 g/mol. The van der Waals surface area contributed by atoms with Gasteiger partial charge < -0.3 is 10.6 Å². The Morgan fingerprint density at radius 1 is 1.44 bits per heavy atom. The van der Waals surface area contributed by atoms with E-state index in [0.717, 1.165) is 5.69 Å². The zero-order chi connectivity index (χ0) is 12.0. The molecule has 0 aromatic heterocycles. The number of carbonyl (C=O) groups is 1. The summed E-state index contributed by atoms with van der Waals surface area (Å²) in [4.78, 5) is 11.5. The molecule has 1 aromatic rings. The molecule has 0 heterocycles. The van der Waals surface area contributed by atoms with Crippen LogP contribution in [0.3, 0.4) is 0 Å². The SMILES string of the molecule is C=CC(C)NCC(=O)Nc1ccc(C)cc1. The van der Waals surface area contributed by atoms with Crippen molar-refractivity contribution in [2.45, 2.75) is 19.9 Å². The van der Waals surface area contributed by atoms with E-state index in [4.69, 9.17) is 0 Å². The van der Waals surface area contributed by atoms with E-state index < -0.39 is 0 Å². The zero-order valence-corrected chi connectivity index (χ0v) is 9.79. The normalized spacial score (nSPS) is 11.9. The molecule has 3 heteroatoms. The minimum absolute atomic E-state index is 0.0439. The summed E-state index contributed by atoms with van der Waals surface area (Å²) in [6.45, 7) is 7.89. The molecule has 0 bridgehead atoms. The van der Waals surface area contributed by atoms with Gasteiger partial charge in [0.25, 0.3) is 0 Å². The van der Waals surface area contributed by atoms with Crippen molar-refractivity contribution in [3.05, 3.63) is 42.5 Å². The van der Waals surface area contributed by atoms with Crippen molar-refractivity contribution < 1.29 is 4.79 Å². The Hall–Kier alpha value is -1.61. The largest absolute Gasteiger partial charge is 0.325 e. The summed E-state index contributed by atoms with van der Waals surface area (Å²) in [5, 5.41) is 5.85. The van der Waals surface area contributed by atoms with Crippen LogP contribution in [0.2, 0.25) is 0 Å². The lowest BCUT2D eigenvalue weighted by Crippen LogP contribution is -2.33. The topological polar surface area (TPSA) is 41.1 Å². The summed E-state index contributed by atoms with van der Waals surface area (Å²) in [5.74, 6) is -0.0439. The molecule has 0 aliphatic heterocycles. The predicted molar refractivity (Wildman–Crippen MR) is 67.5 cm³/mol. The van der Waals surface area contributed by atoms with Gasteiger partial charge in [-0.3, -0.25) is 4.79 Å². The highest BCUT2D eigenvalue weighted by molar-refractivity contribution is 5.92. The number of anilines is 1. The fourth-order valence-electron chi connectivity index (χ4n) is 1.18. The maximum Gasteiger partial charge on any atom is 0.238 e. The molecule has 1 unspecified atom stereocenters. The first-order chi connectivity index (χ1) is 7.61. The third-order valence-electron chi connectivity index (χ3n) is 2.27. The van der Waals surface area contributed by atoms with E-state index in [1.807, 2.05) is 38.1 Å². The van der Waals surface area contributed by atoms with Gasteiger partial charge in [0.05, 0.1) is 6.54 Å². The zero-order valence-electron chi connectivity index (χ0n) is 9.79. The van der Waals surface area contributed by atoms with E-state index in [0.29, 0.717) is 6.54 Å². The van der Waals surface area contributed by atoms with Crippen molar-refractivity contribution >= 4 is 11.6 Å². The third-order valence-corrected chi connectivity index (χ3v) is 2.27. The molecule has 1 aromatic carbocycles. The van der Waals surface area contributed by atoms with Crippen molar-refractivity contribution in [1.29, 1.82) is 0 Å². The molecule has 0 aliphatic rings. The van der Waals surface area contributed by atoms with Crippen LogP contribution in [0.15, 0.2) is 36.9 Å². The monoisotopic (exact) mass is 218 g/mol. The van der Waals surface area contributed by atoms with Gasteiger partial charge in [-0.1, -0.05) is 23.8 Å². The van der Waals surface area contributed by atoms with Crippen LogP contribution in [0.5, 0.6) is 0 Å². The van der Waals surface area contributed by atoms with E-state index >= 15 is 0 Å². The number of hydrogen-bond donors (Lipinski definition) is 2. The van der Waals surface area contributed by atoms with E-state index in [2.05, 4.69) is 17.2 Å². The van der Waals surface area contributed by atoms with E-state index in [-0.39, 0.29) is 11.9 Å². The molecule has 0 fully saturated rings. The Balaban J connectivity index is 2.39. The first-order valence-electron chi connectivity index (χ1n) is 5.34. The molecule has 3 nitrogen and oxygen atoms in total. The standard InChI is InChI=1S/C13H18N2O/c1-4-11(3)14-9-13(16)15-12-7-5-10(2)6-8-12/h4-8,11,14H,1,9H2,2-3H3,(H,15,16). The molecule has 1 amide bonds. The number of nitrogens with one attached hydrogen (secondary N) is 2. The van der Waals surface area contributed by atoms with Crippen LogP contribution in [0.1, 0.15) is 12.5 Å². The Morgan fingerprint density at radius 3 is 2.62 bits per heavy atom. The highest BCUT2D eigenvalue weighted by Crippen LogP contribution is 2.07. The molecule has 1 atom stereocenters. The van der Waals surface area contributed by atoms with Gasteiger partial charge in [-0.05, 0) is 26.0 Å². The average Bonchev–Trinajstić information content (AvgIpc) is 2.29. The lowest BCUT2D eigenvalue weighted by molar-refractivity contribution is -0.115. The van der Waals surface area contributed by atoms with Crippen molar-refractivity contribution in [3.63, 3.8) is 0 Å². The van der Waals surface area contributed by atoms with Gasteiger partial charge in [0, 0.05) is 11.7 Å². The predicted octanol–water partition coefficient (Wildman–Crippen LogP) is 2.10. The highest BCUT2D eigenvalue weighted by Gasteiger charge is 2.03. The van der Waals surface area contributed by atoms with Crippen LogP contribution in [0, 0.1) is 6.92 Å². The van der Waals surface area contributed by atoms with Crippen LogP contribution in [0.25, 0.3) is 0 Å². The summed E-state index contributed by atoms with van der Waals surface area (Å²) in [6.07, 6.45) is 1.76. The van der Waals surface area contributed by atoms with Gasteiger partial charge in [0.1, 0.15) is 0 Å². The number of rotatable bonds is 5. The smallest absolute Gasteiger partial charge is 0.238 e. The molecule has 0 aliphatic carbocycles. The summed E-state index contributed by atoms with van der Waals surface area (Å²) in [5.41, 5.74) is 2.00. The van der Waals surface area contributed by atoms with Crippen molar-refractivity contribution in [2.24, 2.45) is 0 Å². The van der Waals surface area contributed by atoms with Crippen molar-refractivity contribution in [3.8, 4) is 0 Å². The van der Waals surface area contributed by atoms with Gasteiger partial charge in [0.15, 0.2) is 0 Å². The van der Waals surface area contributed by atoms with Gasteiger partial charge in [0.2, 0.25) is 5.91 Å². The molecule has 1 rings (SSSR count). The Labute approximate surface area is 96.6 Å². The Kier molecular flexibility index (Phi) is 4.73. The van der Waals surface area contributed by atoms with Crippen molar-refractivity contribution in [1.82, 2.24) is 5.32 Å². The van der Waals surface area contributed by atoms with E-state index in [1.54, 1.807) is 6.08 Å². The van der Waals surface area contributed by atoms with Gasteiger partial charge in [-0.15, -0.1) is 6.58 Å². The highest BCUT2D eigenvalue weighted by atomic mass is 16.1. The first kappa shape index (κ1) is 12.5. The lowest BCUT2D eigenvalue weighted by Gasteiger charge is -2.09. The molecule has 0 saturated heterocycles. The van der Waals surface area contributed by atoms with Crippen LogP contribution in [0.4, 0.5) is 5.69 Å². The average molecular weight is 218 g/mol. The molecule has 16 heavy (non-hydrogen) atoms. The summed E-state index contributed by atoms with van der Waals surface area (Å²) >= 11 is 0. The molecule has 2 N–H and O–H groups in total. The van der Waals surface area contributed by atoms with Crippen LogP contribution in [-0.4, -0.2) is 18.5 Å². The number of amides is 1. The third kappa shape index (κ3) is 4.28. The fourth-order valence-corrected chi connectivity index (χ4v) is 1.18. The quantitative estimate of drug-likeness (QED) is 0.743. The fraction of sp³-hybridized carbons (Fsp3) is 0.308. The molecule has 86 valence electrons. The van der Waals surface area contributed by atoms with Crippen LogP contribution in [-0.2, 0) is 4.79 Å². The Morgan fingerprint density at radius 2 is 2.06 bits per heavy atom. The summed E-state index contributed by atoms with van der Waals surface area (Å²) in [7, 11) is 0. The second-order valence-corrected chi connectivity index (χ2v) is 3.82. The second-order valence-electron chi connectivity index (χ2n) is 3.82. The minimum Gasteiger partial charge on any atom is -0.325 e. The van der Waals surface area contributed by atoms with Gasteiger partial charge in [-0.2, -0.15) is 0 Å². The lowest BCUT2D eigenvalue weighted by atomic mass is 10.2. The Bertz CT molecular complexity index is 357. The first-order valence-corrected chi connectivity index (χ1v) is 5.34. The van der Waals surface area contributed by atoms with Crippen LogP contribution >= 0.6 is 0 Å². The minimum atomic E-state index is -0.0439. The second kappa shape index (κ2) is 6.08. The molecule has 0 saturated carbocycles. The van der Waals surface area contributed by atoms with E-state index in [1.165, 1.54) is 5.56 Å². The number of carbonyl (C=O) groups excluding carboxylic acids is 1. The van der Waals surface area contributed by atoms with Gasteiger partial charge in [-0.25, -0.2) is 0 Å². The number of benzene rings is 1. The van der Waals surface area contributed by atoms with Gasteiger partial charge >= 0.3 is 0 Å². The maximum atomic E-state index is 11.5. The maximum absolute atomic E-state index is 11.5. The molecule has 0 radical (unpaired) electrons. The number of hydrogen-bond acceptors (Lipinski definition) is 2. The van der Waals surface area contributed by atoms with E-state index in [9.17, 15) is 4.79 Å².